The highest BCUT2D eigenvalue weighted by Gasteiger charge is 2.49. The van der Waals surface area contributed by atoms with Gasteiger partial charge in [0.05, 0.1) is 12.3 Å². The number of hydrogen-bond acceptors (Lipinski definition) is 4. The molecule has 2 aromatic carbocycles. The van der Waals surface area contributed by atoms with Crippen molar-refractivity contribution in [3.63, 3.8) is 0 Å². The molecule has 5 heteroatoms. The number of amides is 1. The van der Waals surface area contributed by atoms with E-state index in [-0.39, 0.29) is 12.2 Å². The molecule has 0 unspecified atom stereocenters. The van der Waals surface area contributed by atoms with Crippen LogP contribution in [0.25, 0.3) is 0 Å². The van der Waals surface area contributed by atoms with Gasteiger partial charge in [-0.2, -0.15) is 0 Å². The fourth-order valence-corrected chi connectivity index (χ4v) is 3.91. The highest BCUT2D eigenvalue weighted by Crippen LogP contribution is 2.42. The van der Waals surface area contributed by atoms with E-state index in [0.29, 0.717) is 36.7 Å². The van der Waals surface area contributed by atoms with Gasteiger partial charge in [0.15, 0.2) is 5.60 Å². The summed E-state index contributed by atoms with van der Waals surface area (Å²) >= 11 is 0. The average Bonchev–Trinajstić information content (AvgIpc) is 2.86. The van der Waals surface area contributed by atoms with Crippen molar-refractivity contribution in [2.24, 2.45) is 0 Å². The molecule has 154 valence electrons. The van der Waals surface area contributed by atoms with Crippen LogP contribution in [0.4, 0.5) is 5.69 Å². The minimum absolute atomic E-state index is 0.211. The first-order chi connectivity index (χ1) is 13.7. The van der Waals surface area contributed by atoms with Gasteiger partial charge in [0, 0.05) is 18.5 Å². The van der Waals surface area contributed by atoms with Crippen LogP contribution in [-0.2, 0) is 15.2 Å². The first-order valence-electron chi connectivity index (χ1n) is 10.1. The van der Waals surface area contributed by atoms with Crippen LogP contribution >= 0.6 is 0 Å². The summed E-state index contributed by atoms with van der Waals surface area (Å²) in [6.07, 6.45) is 0.401. The average molecular weight is 395 g/mol. The number of hydrogen-bond donors (Lipinski definition) is 1. The maximum absolute atomic E-state index is 13.0. The number of anilines is 1. The summed E-state index contributed by atoms with van der Waals surface area (Å²) in [6.45, 7) is 8.56. The van der Waals surface area contributed by atoms with Crippen molar-refractivity contribution in [3.05, 3.63) is 59.2 Å². The lowest BCUT2D eigenvalue weighted by Crippen LogP contribution is -2.42. The molecule has 1 atom stereocenters. The number of fused-ring (bicyclic) bond motifs is 1. The van der Waals surface area contributed by atoms with Crippen LogP contribution in [0.3, 0.4) is 0 Å². The van der Waals surface area contributed by atoms with Gasteiger partial charge in [-0.3, -0.25) is 9.59 Å². The summed E-state index contributed by atoms with van der Waals surface area (Å²) in [6, 6.07) is 13.3. The van der Waals surface area contributed by atoms with E-state index in [2.05, 4.69) is 26.0 Å². The van der Waals surface area contributed by atoms with Gasteiger partial charge in [-0.1, -0.05) is 44.2 Å². The lowest BCUT2D eigenvalue weighted by Gasteiger charge is -2.22. The fraction of sp³-hybridized carbons (Fsp3) is 0.417. The van der Waals surface area contributed by atoms with Crippen molar-refractivity contribution in [2.45, 2.75) is 52.1 Å². The number of benzene rings is 2. The SMILES string of the molecule is CC(=O)C[C@@]1(O)C(=O)N(CCCOc2cc(C)ccc2C(C)C)c2ccccc21. The Morgan fingerprint density at radius 2 is 1.93 bits per heavy atom. The van der Waals surface area contributed by atoms with E-state index in [9.17, 15) is 14.7 Å². The molecule has 0 saturated heterocycles. The summed E-state index contributed by atoms with van der Waals surface area (Å²) in [5, 5.41) is 11.0. The van der Waals surface area contributed by atoms with Gasteiger partial charge in [-0.15, -0.1) is 0 Å². The molecular weight excluding hydrogens is 366 g/mol. The van der Waals surface area contributed by atoms with Crippen LogP contribution in [0.1, 0.15) is 56.2 Å². The van der Waals surface area contributed by atoms with Gasteiger partial charge >= 0.3 is 0 Å². The summed E-state index contributed by atoms with van der Waals surface area (Å²) in [4.78, 5) is 26.2. The first kappa shape index (κ1) is 21.1. The predicted molar refractivity (Wildman–Crippen MR) is 113 cm³/mol. The number of ketones is 1. The Morgan fingerprint density at radius 1 is 1.21 bits per heavy atom. The van der Waals surface area contributed by atoms with Crippen molar-refractivity contribution in [3.8, 4) is 5.75 Å². The molecule has 0 radical (unpaired) electrons. The van der Waals surface area contributed by atoms with E-state index in [1.54, 1.807) is 17.0 Å². The minimum atomic E-state index is -1.77. The Labute approximate surface area is 172 Å². The quantitative estimate of drug-likeness (QED) is 0.684. The molecule has 1 N–H and O–H groups in total. The second kappa shape index (κ2) is 8.37. The molecule has 0 fully saturated rings. The Morgan fingerprint density at radius 3 is 2.62 bits per heavy atom. The molecule has 1 heterocycles. The number of rotatable bonds is 8. The maximum Gasteiger partial charge on any atom is 0.264 e. The van der Waals surface area contributed by atoms with Crippen molar-refractivity contribution in [1.82, 2.24) is 0 Å². The van der Waals surface area contributed by atoms with Gasteiger partial charge in [0.1, 0.15) is 11.5 Å². The molecule has 1 aliphatic rings. The molecule has 0 spiro atoms. The summed E-state index contributed by atoms with van der Waals surface area (Å²) in [5.74, 6) is 0.578. The van der Waals surface area contributed by atoms with Crippen molar-refractivity contribution < 1.29 is 19.4 Å². The van der Waals surface area contributed by atoms with Crippen LogP contribution in [0.15, 0.2) is 42.5 Å². The Hall–Kier alpha value is -2.66. The third-order valence-electron chi connectivity index (χ3n) is 5.32. The summed E-state index contributed by atoms with van der Waals surface area (Å²) in [7, 11) is 0. The van der Waals surface area contributed by atoms with Crippen LogP contribution in [0.2, 0.25) is 0 Å². The van der Waals surface area contributed by atoms with Gasteiger partial charge in [-0.05, 0) is 49.4 Å². The zero-order chi connectivity index (χ0) is 21.2. The number of aliphatic hydroxyl groups is 1. The number of aryl methyl sites for hydroxylation is 1. The molecule has 0 aromatic heterocycles. The second-order valence-electron chi connectivity index (χ2n) is 8.11. The van der Waals surface area contributed by atoms with E-state index >= 15 is 0 Å². The molecule has 2 aromatic rings. The molecule has 0 aliphatic carbocycles. The van der Waals surface area contributed by atoms with E-state index in [1.165, 1.54) is 6.92 Å². The maximum atomic E-state index is 13.0. The number of carbonyl (C=O) groups is 2. The van der Waals surface area contributed by atoms with Crippen LogP contribution in [-0.4, -0.2) is 29.9 Å². The highest BCUT2D eigenvalue weighted by atomic mass is 16.5. The normalized spacial score (nSPS) is 18.3. The monoisotopic (exact) mass is 395 g/mol. The molecule has 5 nitrogen and oxygen atoms in total. The van der Waals surface area contributed by atoms with Crippen LogP contribution < -0.4 is 9.64 Å². The van der Waals surface area contributed by atoms with E-state index in [0.717, 1.165) is 16.9 Å². The number of Topliss-reactive ketones (excluding diaryl/α,β-unsaturated/α-hetero) is 1. The van der Waals surface area contributed by atoms with Gasteiger partial charge in [0.2, 0.25) is 0 Å². The summed E-state index contributed by atoms with van der Waals surface area (Å²) in [5.41, 5.74) is 1.70. The molecule has 29 heavy (non-hydrogen) atoms. The lowest BCUT2D eigenvalue weighted by molar-refractivity contribution is -0.141. The zero-order valence-electron chi connectivity index (χ0n) is 17.6. The number of carbonyl (C=O) groups excluding carboxylic acids is 2. The van der Waals surface area contributed by atoms with Gasteiger partial charge in [0.25, 0.3) is 5.91 Å². The fourth-order valence-electron chi connectivity index (χ4n) is 3.91. The van der Waals surface area contributed by atoms with E-state index in [4.69, 9.17) is 4.74 Å². The van der Waals surface area contributed by atoms with Crippen molar-refractivity contribution in [2.75, 3.05) is 18.1 Å². The Kier molecular flexibility index (Phi) is 6.08. The standard InChI is InChI=1S/C24H29NO4/c1-16(2)19-11-10-17(3)14-22(19)29-13-7-12-25-21-9-6-5-8-20(21)24(28,23(25)27)15-18(4)26/h5-6,8-11,14,16,28H,7,12-13,15H2,1-4H3/t24-/m0/s1. The molecule has 0 saturated carbocycles. The van der Waals surface area contributed by atoms with Gasteiger partial charge < -0.3 is 14.7 Å². The van der Waals surface area contributed by atoms with Crippen LogP contribution in [0, 0.1) is 6.92 Å². The smallest absolute Gasteiger partial charge is 0.264 e. The highest BCUT2D eigenvalue weighted by molar-refractivity contribution is 6.08. The number of ether oxygens (including phenoxy) is 1. The zero-order valence-corrected chi connectivity index (χ0v) is 17.6. The molecule has 3 rings (SSSR count). The van der Waals surface area contributed by atoms with Crippen molar-refractivity contribution >= 4 is 17.4 Å². The molecule has 1 amide bonds. The first-order valence-corrected chi connectivity index (χ1v) is 10.1. The molecular formula is C24H29NO4. The van der Waals surface area contributed by atoms with E-state index in [1.807, 2.05) is 25.1 Å². The minimum Gasteiger partial charge on any atom is -0.493 e. The Bertz CT molecular complexity index is 921. The number of nitrogens with zero attached hydrogens (tertiary/aromatic N) is 1. The molecule has 1 aliphatic heterocycles. The summed E-state index contributed by atoms with van der Waals surface area (Å²) < 4.78 is 6.02. The lowest BCUT2D eigenvalue weighted by atomic mass is 9.90. The van der Waals surface area contributed by atoms with Crippen molar-refractivity contribution in [1.29, 1.82) is 0 Å². The third-order valence-corrected chi connectivity index (χ3v) is 5.32. The number of para-hydroxylation sites is 1. The molecule has 0 bridgehead atoms. The largest absolute Gasteiger partial charge is 0.493 e. The topological polar surface area (TPSA) is 66.8 Å². The second-order valence-corrected chi connectivity index (χ2v) is 8.11. The van der Waals surface area contributed by atoms with Crippen LogP contribution in [0.5, 0.6) is 5.75 Å². The van der Waals surface area contributed by atoms with E-state index < -0.39 is 11.5 Å². The predicted octanol–water partition coefficient (Wildman–Crippen LogP) is 4.10. The Balaban J connectivity index is 1.70. The van der Waals surface area contributed by atoms with Gasteiger partial charge in [-0.25, -0.2) is 0 Å². The third kappa shape index (κ3) is 4.20.